The standard InChI is InChI=1S/C17H34N2O4/c1-14(2,3)22-12(20)10-19-16(7,8)11-17(9,18)13(21)23-15(4,5)6/h19H,10-11,18H2,1-9H3. The van der Waals surface area contributed by atoms with E-state index in [-0.39, 0.29) is 12.5 Å². The Hall–Kier alpha value is -1.14. The van der Waals surface area contributed by atoms with Crippen molar-refractivity contribution in [1.29, 1.82) is 0 Å². The van der Waals surface area contributed by atoms with E-state index in [1.165, 1.54) is 0 Å². The third-order valence-corrected chi connectivity index (χ3v) is 2.81. The fraction of sp³-hybridized carbons (Fsp3) is 0.882. The third-order valence-electron chi connectivity index (χ3n) is 2.81. The molecule has 0 aliphatic rings. The van der Waals surface area contributed by atoms with Crippen LogP contribution in [0.5, 0.6) is 0 Å². The summed E-state index contributed by atoms with van der Waals surface area (Å²) in [5.41, 5.74) is 3.33. The molecule has 6 heteroatoms. The molecule has 0 fully saturated rings. The molecule has 0 saturated carbocycles. The van der Waals surface area contributed by atoms with E-state index < -0.39 is 28.2 Å². The zero-order chi connectivity index (χ0) is 18.7. The van der Waals surface area contributed by atoms with Crippen molar-refractivity contribution in [2.45, 2.75) is 91.0 Å². The van der Waals surface area contributed by atoms with E-state index in [1.807, 2.05) is 34.6 Å². The fourth-order valence-electron chi connectivity index (χ4n) is 2.14. The minimum atomic E-state index is -1.16. The van der Waals surface area contributed by atoms with E-state index in [2.05, 4.69) is 5.32 Å². The minimum Gasteiger partial charge on any atom is -0.459 e. The average molecular weight is 330 g/mol. The van der Waals surface area contributed by atoms with Gasteiger partial charge in [-0.1, -0.05) is 0 Å². The number of carbonyl (C=O) groups is 2. The van der Waals surface area contributed by atoms with Gasteiger partial charge in [0.2, 0.25) is 0 Å². The number of hydrogen-bond donors (Lipinski definition) is 2. The highest BCUT2D eigenvalue weighted by Gasteiger charge is 2.38. The lowest BCUT2D eigenvalue weighted by atomic mass is 9.86. The van der Waals surface area contributed by atoms with Gasteiger partial charge in [-0.3, -0.25) is 9.59 Å². The van der Waals surface area contributed by atoms with Crippen molar-refractivity contribution in [3.05, 3.63) is 0 Å². The van der Waals surface area contributed by atoms with Gasteiger partial charge in [0, 0.05) is 5.54 Å². The number of ether oxygens (including phenoxy) is 2. The number of carbonyl (C=O) groups excluding carboxylic acids is 2. The molecule has 0 radical (unpaired) electrons. The van der Waals surface area contributed by atoms with Gasteiger partial charge in [0.25, 0.3) is 0 Å². The molecule has 0 amide bonds. The van der Waals surface area contributed by atoms with Crippen molar-refractivity contribution in [3.63, 3.8) is 0 Å². The molecule has 0 rings (SSSR count). The van der Waals surface area contributed by atoms with Crippen molar-refractivity contribution in [3.8, 4) is 0 Å². The van der Waals surface area contributed by atoms with Crippen LogP contribution in [0.1, 0.15) is 68.7 Å². The van der Waals surface area contributed by atoms with E-state index in [4.69, 9.17) is 15.2 Å². The van der Waals surface area contributed by atoms with Crippen molar-refractivity contribution < 1.29 is 19.1 Å². The molecule has 1 unspecified atom stereocenters. The van der Waals surface area contributed by atoms with Crippen LogP contribution in [-0.4, -0.2) is 40.8 Å². The first-order valence-corrected chi connectivity index (χ1v) is 7.93. The van der Waals surface area contributed by atoms with Crippen LogP contribution < -0.4 is 11.1 Å². The Morgan fingerprint density at radius 2 is 1.30 bits per heavy atom. The molecule has 136 valence electrons. The smallest absolute Gasteiger partial charge is 0.326 e. The first-order chi connectivity index (χ1) is 9.94. The normalized spacial score (nSPS) is 15.7. The van der Waals surface area contributed by atoms with E-state index in [1.54, 1.807) is 27.7 Å². The predicted octanol–water partition coefficient (Wildman–Crippen LogP) is 2.15. The van der Waals surface area contributed by atoms with E-state index in [0.29, 0.717) is 6.42 Å². The molecule has 0 aliphatic carbocycles. The second kappa shape index (κ2) is 7.18. The number of esters is 2. The number of hydrogen-bond acceptors (Lipinski definition) is 6. The largest absolute Gasteiger partial charge is 0.459 e. The first-order valence-electron chi connectivity index (χ1n) is 7.93. The summed E-state index contributed by atoms with van der Waals surface area (Å²) in [6, 6.07) is 0. The van der Waals surface area contributed by atoms with Crippen LogP contribution >= 0.6 is 0 Å². The fourth-order valence-corrected chi connectivity index (χ4v) is 2.14. The van der Waals surface area contributed by atoms with Gasteiger partial charge in [-0.05, 0) is 68.7 Å². The summed E-state index contributed by atoms with van der Waals surface area (Å²) < 4.78 is 10.6. The summed E-state index contributed by atoms with van der Waals surface area (Å²) in [4.78, 5) is 24.0. The molecule has 23 heavy (non-hydrogen) atoms. The van der Waals surface area contributed by atoms with Crippen LogP contribution in [0.3, 0.4) is 0 Å². The molecular weight excluding hydrogens is 296 g/mol. The average Bonchev–Trinajstić information content (AvgIpc) is 2.20. The molecule has 0 aromatic heterocycles. The molecule has 1 atom stereocenters. The lowest BCUT2D eigenvalue weighted by molar-refractivity contribution is -0.161. The van der Waals surface area contributed by atoms with E-state index >= 15 is 0 Å². The van der Waals surface area contributed by atoms with E-state index in [0.717, 1.165) is 0 Å². The van der Waals surface area contributed by atoms with Crippen LogP contribution in [0.2, 0.25) is 0 Å². The van der Waals surface area contributed by atoms with Crippen molar-refractivity contribution in [2.75, 3.05) is 6.54 Å². The van der Waals surface area contributed by atoms with Crippen LogP contribution in [0.25, 0.3) is 0 Å². The van der Waals surface area contributed by atoms with Crippen LogP contribution in [0, 0.1) is 0 Å². The maximum Gasteiger partial charge on any atom is 0.326 e. The van der Waals surface area contributed by atoms with Gasteiger partial charge in [0.1, 0.15) is 16.7 Å². The zero-order valence-electron chi connectivity index (χ0n) is 16.1. The molecule has 0 bridgehead atoms. The Morgan fingerprint density at radius 3 is 1.70 bits per heavy atom. The Morgan fingerprint density at radius 1 is 0.870 bits per heavy atom. The van der Waals surface area contributed by atoms with Gasteiger partial charge in [0.15, 0.2) is 0 Å². The Kier molecular flexibility index (Phi) is 6.82. The summed E-state index contributed by atoms with van der Waals surface area (Å²) >= 11 is 0. The summed E-state index contributed by atoms with van der Waals surface area (Å²) in [6.45, 7) is 16.3. The van der Waals surface area contributed by atoms with Gasteiger partial charge in [-0.2, -0.15) is 0 Å². The number of rotatable bonds is 6. The SMILES string of the molecule is CC(C)(CC(C)(N)C(=O)OC(C)(C)C)NCC(=O)OC(C)(C)C. The van der Waals surface area contributed by atoms with Gasteiger partial charge in [0.05, 0.1) is 6.54 Å². The highest BCUT2D eigenvalue weighted by Crippen LogP contribution is 2.22. The van der Waals surface area contributed by atoms with Gasteiger partial charge < -0.3 is 20.5 Å². The predicted molar refractivity (Wildman–Crippen MR) is 91.0 cm³/mol. The summed E-state index contributed by atoms with van der Waals surface area (Å²) in [5.74, 6) is -0.807. The highest BCUT2D eigenvalue weighted by molar-refractivity contribution is 5.80. The minimum absolute atomic E-state index is 0.0503. The molecule has 6 nitrogen and oxygen atoms in total. The lowest BCUT2D eigenvalue weighted by Gasteiger charge is -2.35. The zero-order valence-corrected chi connectivity index (χ0v) is 16.1. The second-order valence-electron chi connectivity index (χ2n) is 8.92. The van der Waals surface area contributed by atoms with Gasteiger partial charge in [-0.15, -0.1) is 0 Å². The molecule has 0 spiro atoms. The Labute approximate surface area is 140 Å². The summed E-state index contributed by atoms with van der Waals surface area (Å²) in [6.07, 6.45) is 0.317. The molecule has 0 saturated heterocycles. The quantitative estimate of drug-likeness (QED) is 0.725. The third kappa shape index (κ3) is 10.3. The topological polar surface area (TPSA) is 90.7 Å². The maximum absolute atomic E-state index is 12.2. The maximum atomic E-state index is 12.2. The molecule has 0 heterocycles. The first kappa shape index (κ1) is 21.9. The molecular formula is C17H34N2O4. The monoisotopic (exact) mass is 330 g/mol. The Bertz CT molecular complexity index is 429. The van der Waals surface area contributed by atoms with Gasteiger partial charge in [-0.25, -0.2) is 0 Å². The summed E-state index contributed by atoms with van der Waals surface area (Å²) in [5, 5.41) is 3.09. The van der Waals surface area contributed by atoms with Crippen molar-refractivity contribution in [1.82, 2.24) is 5.32 Å². The van der Waals surface area contributed by atoms with Crippen LogP contribution in [-0.2, 0) is 19.1 Å². The van der Waals surface area contributed by atoms with Crippen LogP contribution in [0.4, 0.5) is 0 Å². The van der Waals surface area contributed by atoms with E-state index in [9.17, 15) is 9.59 Å². The number of nitrogens with two attached hydrogens (primary N) is 1. The molecule has 0 aromatic carbocycles. The molecule has 0 aromatic rings. The van der Waals surface area contributed by atoms with Crippen molar-refractivity contribution >= 4 is 11.9 Å². The Balaban J connectivity index is 4.66. The molecule has 0 aliphatic heterocycles. The lowest BCUT2D eigenvalue weighted by Crippen LogP contribution is -2.56. The second-order valence-corrected chi connectivity index (χ2v) is 8.92. The van der Waals surface area contributed by atoms with Crippen LogP contribution in [0.15, 0.2) is 0 Å². The van der Waals surface area contributed by atoms with Crippen molar-refractivity contribution in [2.24, 2.45) is 5.73 Å². The summed E-state index contributed by atoms with van der Waals surface area (Å²) in [7, 11) is 0. The highest BCUT2D eigenvalue weighted by atomic mass is 16.6. The number of nitrogens with one attached hydrogen (secondary N) is 1. The molecule has 3 N–H and O–H groups in total. The van der Waals surface area contributed by atoms with Gasteiger partial charge >= 0.3 is 11.9 Å².